The number of rotatable bonds is 2. The third kappa shape index (κ3) is 2.93. The first-order chi connectivity index (χ1) is 7.99. The zero-order valence-corrected chi connectivity index (χ0v) is 13.6. The van der Waals surface area contributed by atoms with Gasteiger partial charge in [-0.2, -0.15) is 0 Å². The minimum atomic E-state index is -0.0861. The first-order valence-corrected chi connectivity index (χ1v) is 7.59. The summed E-state index contributed by atoms with van der Waals surface area (Å²) in [5, 5.41) is 1.05. The predicted octanol–water partition coefficient (Wildman–Crippen LogP) is 5.81. The number of carbonyl (C=O) groups is 1. The third-order valence-corrected chi connectivity index (χ3v) is 5.76. The van der Waals surface area contributed by atoms with Gasteiger partial charge in [0.25, 0.3) is 0 Å². The van der Waals surface area contributed by atoms with Crippen LogP contribution in [0.5, 0.6) is 0 Å². The Morgan fingerprint density at radius 3 is 2.35 bits per heavy atom. The highest BCUT2D eigenvalue weighted by molar-refractivity contribution is 9.11. The zero-order valence-electron chi connectivity index (χ0n) is 8.14. The van der Waals surface area contributed by atoms with E-state index in [2.05, 4.69) is 31.9 Å². The van der Waals surface area contributed by atoms with Gasteiger partial charge in [0.15, 0.2) is 0 Å². The van der Waals surface area contributed by atoms with Gasteiger partial charge < -0.3 is 0 Å². The number of benzene rings is 1. The summed E-state index contributed by atoms with van der Waals surface area (Å²) < 4.78 is 1.52. The molecule has 2 aromatic rings. The lowest BCUT2D eigenvalue weighted by atomic mass is 10.1. The van der Waals surface area contributed by atoms with Crippen LogP contribution in [-0.4, -0.2) is 5.78 Å². The van der Waals surface area contributed by atoms with E-state index in [4.69, 9.17) is 23.2 Å². The molecule has 1 heterocycles. The molecule has 0 fully saturated rings. The molecule has 0 atom stereocenters. The van der Waals surface area contributed by atoms with E-state index in [-0.39, 0.29) is 5.78 Å². The minimum absolute atomic E-state index is 0.0861. The highest BCUT2D eigenvalue weighted by Crippen LogP contribution is 2.34. The lowest BCUT2D eigenvalue weighted by Gasteiger charge is -2.00. The Balaban J connectivity index is 2.40. The molecule has 0 N–H and O–H groups in total. The van der Waals surface area contributed by atoms with E-state index in [1.807, 2.05) is 0 Å². The van der Waals surface area contributed by atoms with Crippen molar-refractivity contribution in [3.63, 3.8) is 0 Å². The van der Waals surface area contributed by atoms with E-state index in [0.29, 0.717) is 20.5 Å². The Kier molecular flexibility index (Phi) is 4.31. The summed E-state index contributed by atoms with van der Waals surface area (Å²) in [4.78, 5) is 12.7. The molecule has 0 radical (unpaired) electrons. The van der Waals surface area contributed by atoms with Crippen molar-refractivity contribution in [3.05, 3.63) is 53.0 Å². The van der Waals surface area contributed by atoms with Gasteiger partial charge in [0.2, 0.25) is 5.78 Å². The number of ketones is 1. The van der Waals surface area contributed by atoms with Crippen LogP contribution in [0.3, 0.4) is 0 Å². The molecule has 0 aliphatic rings. The fraction of sp³-hybridized carbons (Fsp3) is 0. The van der Waals surface area contributed by atoms with Crippen molar-refractivity contribution in [1.29, 1.82) is 0 Å². The first-order valence-electron chi connectivity index (χ1n) is 4.43. The van der Waals surface area contributed by atoms with Crippen molar-refractivity contribution in [3.8, 4) is 0 Å². The maximum Gasteiger partial charge on any atom is 0.203 e. The molecule has 0 amide bonds. The van der Waals surface area contributed by atoms with Crippen molar-refractivity contribution in [1.82, 2.24) is 0 Å². The number of thiophene rings is 1. The molecule has 0 bridgehead atoms. The molecule has 6 heteroatoms. The Morgan fingerprint density at radius 2 is 1.82 bits per heavy atom. The van der Waals surface area contributed by atoms with Crippen LogP contribution >= 0.6 is 66.4 Å². The van der Waals surface area contributed by atoms with Crippen LogP contribution < -0.4 is 0 Å². The van der Waals surface area contributed by atoms with Gasteiger partial charge in [-0.15, -0.1) is 11.3 Å². The average Bonchev–Trinajstić information content (AvgIpc) is 2.62. The van der Waals surface area contributed by atoms with Crippen molar-refractivity contribution >= 4 is 72.2 Å². The lowest BCUT2D eigenvalue weighted by molar-refractivity contribution is 0.104. The Morgan fingerprint density at radius 1 is 1.12 bits per heavy atom. The normalized spacial score (nSPS) is 10.6. The largest absolute Gasteiger partial charge is 0.288 e. The number of halogens is 4. The topological polar surface area (TPSA) is 17.1 Å². The summed E-state index contributed by atoms with van der Waals surface area (Å²) in [6, 6.07) is 6.75. The standard InChI is InChI=1S/C11H4Br2Cl2OS/c12-6-2-1-5(3-7(6)14)10(16)9-4-8(15)11(13)17-9/h1-4H. The summed E-state index contributed by atoms with van der Waals surface area (Å²) in [5.74, 6) is -0.0861. The number of hydrogen-bond donors (Lipinski definition) is 0. The molecular formula is C11H4Br2Cl2OS. The molecule has 0 spiro atoms. The second-order valence-corrected chi connectivity index (χ2v) is 7.23. The molecule has 17 heavy (non-hydrogen) atoms. The van der Waals surface area contributed by atoms with Gasteiger partial charge in [0, 0.05) is 10.0 Å². The summed E-state index contributed by atoms with van der Waals surface area (Å²) in [6.07, 6.45) is 0. The highest BCUT2D eigenvalue weighted by Gasteiger charge is 2.15. The predicted molar refractivity (Wildman–Crippen MR) is 79.6 cm³/mol. The number of carbonyl (C=O) groups excluding carboxylic acids is 1. The fourth-order valence-corrected chi connectivity index (χ4v) is 3.33. The minimum Gasteiger partial charge on any atom is -0.288 e. The van der Waals surface area contributed by atoms with Gasteiger partial charge in [0.1, 0.15) is 0 Å². The van der Waals surface area contributed by atoms with E-state index in [9.17, 15) is 4.79 Å². The first kappa shape index (κ1) is 13.6. The van der Waals surface area contributed by atoms with E-state index in [0.717, 1.165) is 8.26 Å². The highest BCUT2D eigenvalue weighted by atomic mass is 79.9. The maximum absolute atomic E-state index is 12.1. The number of hydrogen-bond acceptors (Lipinski definition) is 2. The fourth-order valence-electron chi connectivity index (χ4n) is 1.24. The van der Waals surface area contributed by atoms with Crippen LogP contribution in [0.2, 0.25) is 10.0 Å². The molecule has 0 aliphatic carbocycles. The molecular weight excluding hydrogens is 411 g/mol. The monoisotopic (exact) mass is 412 g/mol. The van der Waals surface area contributed by atoms with Gasteiger partial charge >= 0.3 is 0 Å². The Hall–Kier alpha value is 0.130. The van der Waals surface area contributed by atoms with Gasteiger partial charge in [-0.1, -0.05) is 23.2 Å². The van der Waals surface area contributed by atoms with E-state index < -0.39 is 0 Å². The van der Waals surface area contributed by atoms with Gasteiger partial charge in [0.05, 0.1) is 18.7 Å². The SMILES string of the molecule is O=C(c1ccc(Br)c(Cl)c1)c1cc(Cl)c(Br)s1. The lowest BCUT2D eigenvalue weighted by Crippen LogP contribution is -1.98. The summed E-state index contributed by atoms with van der Waals surface area (Å²) >= 11 is 19.7. The second-order valence-electron chi connectivity index (χ2n) is 3.19. The molecule has 0 unspecified atom stereocenters. The van der Waals surface area contributed by atoms with E-state index in [1.54, 1.807) is 24.3 Å². The van der Waals surface area contributed by atoms with Crippen molar-refractivity contribution < 1.29 is 4.79 Å². The molecule has 0 saturated carbocycles. The molecule has 88 valence electrons. The molecule has 1 nitrogen and oxygen atoms in total. The summed E-state index contributed by atoms with van der Waals surface area (Å²) in [7, 11) is 0. The summed E-state index contributed by atoms with van der Waals surface area (Å²) in [6.45, 7) is 0. The van der Waals surface area contributed by atoms with Crippen LogP contribution in [-0.2, 0) is 0 Å². The molecule has 0 aliphatic heterocycles. The summed E-state index contributed by atoms with van der Waals surface area (Å²) in [5.41, 5.74) is 0.545. The Labute approximate surface area is 129 Å². The average molecular weight is 415 g/mol. The second kappa shape index (κ2) is 5.41. The third-order valence-electron chi connectivity index (χ3n) is 2.05. The van der Waals surface area contributed by atoms with Gasteiger partial charge in [-0.25, -0.2) is 0 Å². The van der Waals surface area contributed by atoms with Crippen LogP contribution in [0.25, 0.3) is 0 Å². The van der Waals surface area contributed by atoms with E-state index >= 15 is 0 Å². The van der Waals surface area contributed by atoms with Crippen molar-refractivity contribution in [2.45, 2.75) is 0 Å². The van der Waals surface area contributed by atoms with E-state index in [1.165, 1.54) is 11.3 Å². The molecule has 1 aromatic heterocycles. The van der Waals surface area contributed by atoms with Crippen molar-refractivity contribution in [2.75, 3.05) is 0 Å². The smallest absolute Gasteiger partial charge is 0.203 e. The van der Waals surface area contributed by atoms with Crippen molar-refractivity contribution in [2.24, 2.45) is 0 Å². The van der Waals surface area contributed by atoms with Gasteiger partial charge in [-0.05, 0) is 56.1 Å². The van der Waals surface area contributed by atoms with Crippen LogP contribution in [0.4, 0.5) is 0 Å². The van der Waals surface area contributed by atoms with Crippen LogP contribution in [0.1, 0.15) is 15.2 Å². The van der Waals surface area contributed by atoms with Gasteiger partial charge in [-0.3, -0.25) is 4.79 Å². The quantitative estimate of drug-likeness (QED) is 0.566. The van der Waals surface area contributed by atoms with Crippen LogP contribution in [0, 0.1) is 0 Å². The molecule has 0 saturated heterocycles. The molecule has 1 aromatic carbocycles. The molecule has 2 rings (SSSR count). The maximum atomic E-state index is 12.1. The Bertz CT molecular complexity index is 576. The zero-order chi connectivity index (χ0) is 12.6. The van der Waals surface area contributed by atoms with Crippen LogP contribution in [0.15, 0.2) is 32.5 Å².